The molecule has 7 heteroatoms. The van der Waals surface area contributed by atoms with Crippen LogP contribution in [0.5, 0.6) is 5.75 Å². The lowest BCUT2D eigenvalue weighted by atomic mass is 9.83. The van der Waals surface area contributed by atoms with Crippen LogP contribution in [0, 0.1) is 0 Å². The first-order valence-corrected chi connectivity index (χ1v) is 7.37. The van der Waals surface area contributed by atoms with E-state index >= 15 is 0 Å². The van der Waals surface area contributed by atoms with Gasteiger partial charge in [-0.15, -0.1) is 0 Å². The van der Waals surface area contributed by atoms with Gasteiger partial charge in [-0.3, -0.25) is 10.1 Å². The molecule has 7 nitrogen and oxygen atoms in total. The van der Waals surface area contributed by atoms with Gasteiger partial charge in [0.05, 0.1) is 12.8 Å². The van der Waals surface area contributed by atoms with Gasteiger partial charge in [0, 0.05) is 23.9 Å². The number of fused-ring (bicyclic) bond motifs is 3. The molecule has 4 N–H and O–H groups in total. The van der Waals surface area contributed by atoms with Crippen LogP contribution in [-0.4, -0.2) is 40.8 Å². The summed E-state index contributed by atoms with van der Waals surface area (Å²) in [5.74, 6) is -1.39. The Kier molecular flexibility index (Phi) is 3.73. The fourth-order valence-corrected chi connectivity index (χ4v) is 3.26. The molecule has 0 fully saturated rings. The van der Waals surface area contributed by atoms with Crippen LogP contribution in [0.4, 0.5) is 0 Å². The highest BCUT2D eigenvalue weighted by Gasteiger charge is 2.45. The van der Waals surface area contributed by atoms with Gasteiger partial charge < -0.3 is 19.9 Å². The van der Waals surface area contributed by atoms with Crippen LogP contribution in [-0.2, 0) is 21.5 Å². The maximum atomic E-state index is 12.0. The lowest BCUT2D eigenvalue weighted by Crippen LogP contribution is -2.53. The van der Waals surface area contributed by atoms with Gasteiger partial charge in [-0.05, 0) is 36.6 Å². The second-order valence-electron chi connectivity index (χ2n) is 5.67. The van der Waals surface area contributed by atoms with Gasteiger partial charge in [-0.2, -0.15) is 0 Å². The number of hydrogen-bond acceptors (Lipinski definition) is 4. The van der Waals surface area contributed by atoms with Crippen molar-refractivity contribution in [2.45, 2.75) is 24.8 Å². The summed E-state index contributed by atoms with van der Waals surface area (Å²) in [7, 11) is 1.58. The van der Waals surface area contributed by atoms with Crippen LogP contribution in [0.1, 0.15) is 24.1 Å². The molecule has 0 saturated carbocycles. The van der Waals surface area contributed by atoms with Crippen molar-refractivity contribution in [2.75, 3.05) is 13.7 Å². The summed E-state index contributed by atoms with van der Waals surface area (Å²) < 4.78 is 5.24. The first kappa shape index (κ1) is 15.4. The summed E-state index contributed by atoms with van der Waals surface area (Å²) in [6.45, 7) is 0.475. The summed E-state index contributed by atoms with van der Waals surface area (Å²) in [5, 5.41) is 22.6. The number of nitrogens with one attached hydrogen (secondary N) is 2. The lowest BCUT2D eigenvalue weighted by Gasteiger charge is -2.34. The van der Waals surface area contributed by atoms with E-state index in [9.17, 15) is 14.7 Å². The Hall–Kier alpha value is -2.54. The standard InChI is InChI=1S/C16H18N2O5/c1-23-9-2-3-12-11(8-9)10-5-7-17-16(15(21)22,14(10)18-12)6-4-13(19)20/h2-3,8,17-18H,4-7H2,1H3,(H,19,20)(H,21,22). The molecule has 0 saturated heterocycles. The van der Waals surface area contributed by atoms with Crippen molar-refractivity contribution in [1.82, 2.24) is 10.3 Å². The van der Waals surface area contributed by atoms with E-state index in [1.165, 1.54) is 0 Å². The van der Waals surface area contributed by atoms with Gasteiger partial charge in [0.25, 0.3) is 0 Å². The number of hydrogen-bond donors (Lipinski definition) is 4. The Bertz CT molecular complexity index is 782. The fourth-order valence-electron chi connectivity index (χ4n) is 3.26. The number of aliphatic carboxylic acids is 2. The van der Waals surface area contributed by atoms with Crippen molar-refractivity contribution < 1.29 is 24.5 Å². The second kappa shape index (κ2) is 5.58. The smallest absolute Gasteiger partial charge is 0.330 e. The van der Waals surface area contributed by atoms with Crippen LogP contribution in [0.2, 0.25) is 0 Å². The van der Waals surface area contributed by atoms with Gasteiger partial charge in [0.2, 0.25) is 0 Å². The van der Waals surface area contributed by atoms with Crippen LogP contribution >= 0.6 is 0 Å². The molecule has 3 rings (SSSR count). The van der Waals surface area contributed by atoms with E-state index in [1.807, 2.05) is 12.1 Å². The summed E-state index contributed by atoms with van der Waals surface area (Å²) >= 11 is 0. The summed E-state index contributed by atoms with van der Waals surface area (Å²) in [6, 6.07) is 5.52. The Morgan fingerprint density at radius 2 is 2.13 bits per heavy atom. The van der Waals surface area contributed by atoms with Gasteiger partial charge >= 0.3 is 11.9 Å². The second-order valence-corrected chi connectivity index (χ2v) is 5.67. The third-order valence-electron chi connectivity index (χ3n) is 4.42. The zero-order valence-electron chi connectivity index (χ0n) is 12.7. The van der Waals surface area contributed by atoms with E-state index in [2.05, 4.69) is 10.3 Å². The predicted octanol–water partition coefficient (Wildman–Crippen LogP) is 1.47. The third-order valence-corrected chi connectivity index (χ3v) is 4.42. The SMILES string of the molecule is COc1ccc2[nH]c3c(c2c1)CCNC3(CCC(=O)O)C(=O)O. The summed E-state index contributed by atoms with van der Waals surface area (Å²) in [6.07, 6.45) is 0.427. The number of aromatic amines is 1. The molecule has 0 bridgehead atoms. The Balaban J connectivity index is 2.16. The highest BCUT2D eigenvalue weighted by atomic mass is 16.5. The van der Waals surface area contributed by atoms with Crippen molar-refractivity contribution in [1.29, 1.82) is 0 Å². The van der Waals surface area contributed by atoms with Crippen molar-refractivity contribution >= 4 is 22.8 Å². The Labute approximate surface area is 132 Å². The summed E-state index contributed by atoms with van der Waals surface area (Å²) in [4.78, 5) is 26.0. The Morgan fingerprint density at radius 1 is 1.35 bits per heavy atom. The number of carboxylic acids is 2. The number of ether oxygens (including phenoxy) is 1. The van der Waals surface area contributed by atoms with E-state index in [0.29, 0.717) is 24.4 Å². The molecule has 0 spiro atoms. The average Bonchev–Trinajstić information content (AvgIpc) is 2.91. The topological polar surface area (TPSA) is 112 Å². The molecule has 122 valence electrons. The maximum absolute atomic E-state index is 12.0. The molecule has 0 radical (unpaired) electrons. The van der Waals surface area contributed by atoms with E-state index in [0.717, 1.165) is 16.5 Å². The Morgan fingerprint density at radius 3 is 2.78 bits per heavy atom. The zero-order chi connectivity index (χ0) is 16.6. The van der Waals surface area contributed by atoms with Crippen molar-refractivity contribution in [3.63, 3.8) is 0 Å². The monoisotopic (exact) mass is 318 g/mol. The first-order chi connectivity index (χ1) is 11.0. The molecule has 0 amide bonds. The molecule has 1 aromatic heterocycles. The van der Waals surface area contributed by atoms with Crippen LogP contribution in [0.25, 0.3) is 10.9 Å². The van der Waals surface area contributed by atoms with Gasteiger partial charge in [0.15, 0.2) is 5.54 Å². The minimum Gasteiger partial charge on any atom is -0.497 e. The fraction of sp³-hybridized carbons (Fsp3) is 0.375. The molecule has 1 atom stereocenters. The zero-order valence-corrected chi connectivity index (χ0v) is 12.7. The normalized spacial score (nSPS) is 20.2. The minimum absolute atomic E-state index is 0.0192. The molecule has 1 aliphatic heterocycles. The lowest BCUT2D eigenvalue weighted by molar-refractivity contribution is -0.147. The molecular weight excluding hydrogens is 300 g/mol. The minimum atomic E-state index is -1.40. The highest BCUT2D eigenvalue weighted by molar-refractivity contribution is 5.91. The first-order valence-electron chi connectivity index (χ1n) is 7.37. The van der Waals surface area contributed by atoms with Crippen LogP contribution in [0.15, 0.2) is 18.2 Å². The van der Waals surface area contributed by atoms with E-state index in [4.69, 9.17) is 9.84 Å². The number of methoxy groups -OCH3 is 1. The molecule has 2 heterocycles. The van der Waals surface area contributed by atoms with Gasteiger partial charge in [0.1, 0.15) is 5.75 Å². The van der Waals surface area contributed by atoms with Crippen molar-refractivity contribution in [2.24, 2.45) is 0 Å². The number of H-pyrrole nitrogens is 1. The molecule has 2 aromatic rings. The van der Waals surface area contributed by atoms with E-state index in [1.54, 1.807) is 13.2 Å². The average molecular weight is 318 g/mol. The molecule has 23 heavy (non-hydrogen) atoms. The molecule has 0 aliphatic carbocycles. The van der Waals surface area contributed by atoms with Crippen LogP contribution in [0.3, 0.4) is 0 Å². The largest absolute Gasteiger partial charge is 0.497 e. The summed E-state index contributed by atoms with van der Waals surface area (Å²) in [5.41, 5.74) is 0.866. The third kappa shape index (κ3) is 2.43. The number of benzene rings is 1. The molecule has 1 aromatic carbocycles. The molecular formula is C16H18N2O5. The quantitative estimate of drug-likeness (QED) is 0.664. The van der Waals surface area contributed by atoms with Crippen molar-refractivity contribution in [3.05, 3.63) is 29.5 Å². The van der Waals surface area contributed by atoms with E-state index in [-0.39, 0.29) is 12.8 Å². The van der Waals surface area contributed by atoms with Crippen molar-refractivity contribution in [3.8, 4) is 5.75 Å². The van der Waals surface area contributed by atoms with E-state index < -0.39 is 17.5 Å². The number of rotatable bonds is 5. The highest BCUT2D eigenvalue weighted by Crippen LogP contribution is 2.37. The van der Waals surface area contributed by atoms with Gasteiger partial charge in [-0.1, -0.05) is 0 Å². The van der Waals surface area contributed by atoms with Crippen LogP contribution < -0.4 is 10.1 Å². The van der Waals surface area contributed by atoms with Gasteiger partial charge in [-0.25, -0.2) is 4.79 Å². The predicted molar refractivity (Wildman–Crippen MR) is 82.7 cm³/mol. The molecule has 1 unspecified atom stereocenters. The number of carbonyl (C=O) groups is 2. The maximum Gasteiger partial charge on any atom is 0.330 e. The number of aromatic nitrogens is 1. The molecule has 1 aliphatic rings. The number of carboxylic acid groups (broad SMARTS) is 2.